The van der Waals surface area contributed by atoms with Crippen LogP contribution in [0.15, 0.2) is 17.1 Å². The lowest BCUT2D eigenvalue weighted by atomic mass is 10.2. The molecule has 1 unspecified atom stereocenters. The number of hydrogen-bond donors (Lipinski definition) is 2. The number of nitrogens with one attached hydrogen (secondary N) is 2. The van der Waals surface area contributed by atoms with Crippen molar-refractivity contribution in [3.63, 3.8) is 0 Å². The molecular weight excluding hydrogens is 473 g/mol. The lowest BCUT2D eigenvalue weighted by molar-refractivity contribution is -0.127. The normalized spacial score (nSPS) is 17.5. The molecular formula is C19H34IN5OS. The maximum Gasteiger partial charge on any atom is 0.243 e. The molecule has 6 nitrogen and oxygen atoms in total. The van der Waals surface area contributed by atoms with E-state index in [4.69, 9.17) is 0 Å². The van der Waals surface area contributed by atoms with Gasteiger partial charge in [0.1, 0.15) is 6.54 Å². The fraction of sp³-hybridized carbons (Fsp3) is 0.684. The van der Waals surface area contributed by atoms with Crippen molar-refractivity contribution < 1.29 is 4.79 Å². The highest BCUT2D eigenvalue weighted by Gasteiger charge is 2.22. The number of carbonyl (C=O) groups excluding carboxylic acids is 1. The first kappa shape index (κ1) is 24.2. The largest absolute Gasteiger partial charge is 0.355 e. The maximum absolute atomic E-state index is 11.9. The molecule has 0 saturated carbocycles. The molecule has 2 N–H and O–H groups in total. The molecule has 1 fully saturated rings. The first-order valence-electron chi connectivity index (χ1n) is 9.57. The number of guanidine groups is 1. The molecule has 1 amide bonds. The van der Waals surface area contributed by atoms with Crippen LogP contribution in [0.1, 0.15) is 36.4 Å². The van der Waals surface area contributed by atoms with Gasteiger partial charge in [0.05, 0.1) is 6.54 Å². The van der Waals surface area contributed by atoms with Crippen molar-refractivity contribution in [2.75, 3.05) is 40.3 Å². The van der Waals surface area contributed by atoms with Gasteiger partial charge >= 0.3 is 0 Å². The molecule has 0 aliphatic carbocycles. The Hall–Kier alpha value is -0.870. The third-order valence-corrected chi connectivity index (χ3v) is 6.01. The number of nitrogens with zero attached hydrogens (tertiary/aromatic N) is 3. The van der Waals surface area contributed by atoms with Gasteiger partial charge in [-0.15, -0.1) is 35.3 Å². The first-order chi connectivity index (χ1) is 12.5. The molecule has 0 aromatic carbocycles. The molecule has 0 spiro atoms. The average molecular weight is 507 g/mol. The third-order valence-electron chi connectivity index (χ3n) is 4.78. The van der Waals surface area contributed by atoms with Crippen LogP contribution in [0, 0.1) is 0 Å². The standard InChI is InChI=1S/C19H33N5OS.HI/c1-5-16-9-10-17(26-16)13-21-19(22-14-18(25)23(3)4)20-12-15-8-7-11-24(15)6-2;/h9-10,15H,5-8,11-14H2,1-4H3,(H2,20,21,22);1H. The molecule has 0 bridgehead atoms. The fourth-order valence-corrected chi connectivity index (χ4v) is 4.00. The van der Waals surface area contributed by atoms with Crippen LogP contribution in [0.2, 0.25) is 0 Å². The van der Waals surface area contributed by atoms with Crippen LogP contribution in [0.4, 0.5) is 0 Å². The van der Waals surface area contributed by atoms with Gasteiger partial charge in [0.25, 0.3) is 0 Å². The second kappa shape index (κ2) is 12.6. The number of thiophene rings is 1. The van der Waals surface area contributed by atoms with E-state index in [1.165, 1.54) is 29.1 Å². The van der Waals surface area contributed by atoms with Gasteiger partial charge in [0.15, 0.2) is 5.96 Å². The third kappa shape index (κ3) is 7.95. The van der Waals surface area contributed by atoms with Gasteiger partial charge in [-0.1, -0.05) is 13.8 Å². The quantitative estimate of drug-likeness (QED) is 0.323. The molecule has 1 aromatic heterocycles. The zero-order valence-electron chi connectivity index (χ0n) is 17.0. The number of amides is 1. The number of likely N-dealkylation sites (tertiary alicyclic amines) is 1. The highest BCUT2D eigenvalue weighted by atomic mass is 127. The second-order valence-corrected chi connectivity index (χ2v) is 8.09. The lowest BCUT2D eigenvalue weighted by Crippen LogP contribution is -2.45. The maximum atomic E-state index is 11.9. The average Bonchev–Trinajstić information content (AvgIpc) is 3.29. The van der Waals surface area contributed by atoms with Crippen molar-refractivity contribution in [1.29, 1.82) is 0 Å². The summed E-state index contributed by atoms with van der Waals surface area (Å²) < 4.78 is 0. The molecule has 1 saturated heterocycles. The molecule has 1 aromatic rings. The number of likely N-dealkylation sites (N-methyl/N-ethyl adjacent to an activating group) is 2. The van der Waals surface area contributed by atoms with Crippen LogP contribution in [-0.2, 0) is 17.8 Å². The number of carbonyl (C=O) groups is 1. The van der Waals surface area contributed by atoms with Gasteiger partial charge in [0.2, 0.25) is 5.91 Å². The Morgan fingerprint density at radius 3 is 2.67 bits per heavy atom. The van der Waals surface area contributed by atoms with E-state index in [1.54, 1.807) is 19.0 Å². The molecule has 0 radical (unpaired) electrons. The zero-order valence-corrected chi connectivity index (χ0v) is 20.1. The molecule has 2 rings (SSSR count). The van der Waals surface area contributed by atoms with Gasteiger partial charge < -0.3 is 15.5 Å². The van der Waals surface area contributed by atoms with E-state index < -0.39 is 0 Å². The molecule has 1 aliphatic rings. The number of halogens is 1. The summed E-state index contributed by atoms with van der Waals surface area (Å²) in [5.74, 6) is 0.723. The van der Waals surface area contributed by atoms with Gasteiger partial charge in [0, 0.05) is 36.4 Å². The van der Waals surface area contributed by atoms with Crippen LogP contribution < -0.4 is 10.6 Å². The van der Waals surface area contributed by atoms with E-state index in [0.29, 0.717) is 6.04 Å². The van der Waals surface area contributed by atoms with Crippen molar-refractivity contribution in [1.82, 2.24) is 20.4 Å². The minimum absolute atomic E-state index is 0. The predicted molar refractivity (Wildman–Crippen MR) is 125 cm³/mol. The summed E-state index contributed by atoms with van der Waals surface area (Å²) in [5, 5.41) is 6.83. The number of hydrogen-bond acceptors (Lipinski definition) is 4. The number of rotatable bonds is 8. The topological polar surface area (TPSA) is 60.0 Å². The highest BCUT2D eigenvalue weighted by molar-refractivity contribution is 14.0. The Bertz CT molecular complexity index is 605. The minimum Gasteiger partial charge on any atom is -0.355 e. The Labute approximate surface area is 184 Å². The van der Waals surface area contributed by atoms with Crippen molar-refractivity contribution in [3.05, 3.63) is 21.9 Å². The van der Waals surface area contributed by atoms with Gasteiger partial charge in [-0.3, -0.25) is 9.69 Å². The monoisotopic (exact) mass is 507 g/mol. The number of aryl methyl sites for hydroxylation is 1. The molecule has 1 atom stereocenters. The zero-order chi connectivity index (χ0) is 18.9. The van der Waals surface area contributed by atoms with E-state index in [2.05, 4.69) is 46.5 Å². The van der Waals surface area contributed by atoms with E-state index in [0.717, 1.165) is 32.0 Å². The lowest BCUT2D eigenvalue weighted by Gasteiger charge is -2.24. The van der Waals surface area contributed by atoms with E-state index >= 15 is 0 Å². The Morgan fingerprint density at radius 1 is 1.30 bits per heavy atom. The summed E-state index contributed by atoms with van der Waals surface area (Å²) >= 11 is 1.82. The molecule has 2 heterocycles. The van der Waals surface area contributed by atoms with Crippen LogP contribution in [0.25, 0.3) is 0 Å². The highest BCUT2D eigenvalue weighted by Crippen LogP contribution is 2.17. The van der Waals surface area contributed by atoms with Crippen molar-refractivity contribution in [2.24, 2.45) is 4.99 Å². The second-order valence-electron chi connectivity index (χ2n) is 6.83. The Morgan fingerprint density at radius 2 is 2.04 bits per heavy atom. The number of aliphatic imine (C=N–C) groups is 1. The molecule has 1 aliphatic heterocycles. The van der Waals surface area contributed by atoms with Crippen LogP contribution in [-0.4, -0.2) is 68.0 Å². The first-order valence-corrected chi connectivity index (χ1v) is 10.4. The van der Waals surface area contributed by atoms with Crippen molar-refractivity contribution in [3.8, 4) is 0 Å². The van der Waals surface area contributed by atoms with Gasteiger partial charge in [-0.05, 0) is 44.5 Å². The predicted octanol–water partition coefficient (Wildman–Crippen LogP) is 2.54. The summed E-state index contributed by atoms with van der Waals surface area (Å²) in [6.07, 6.45) is 3.54. The van der Waals surface area contributed by atoms with E-state index in [9.17, 15) is 4.79 Å². The molecule has 8 heteroatoms. The fourth-order valence-electron chi connectivity index (χ4n) is 3.10. The van der Waals surface area contributed by atoms with E-state index in [-0.39, 0.29) is 36.4 Å². The summed E-state index contributed by atoms with van der Waals surface area (Å²) in [5.41, 5.74) is 0. The van der Waals surface area contributed by atoms with Crippen molar-refractivity contribution in [2.45, 2.75) is 45.7 Å². The summed E-state index contributed by atoms with van der Waals surface area (Å²) in [4.78, 5) is 23.1. The van der Waals surface area contributed by atoms with Gasteiger partial charge in [-0.25, -0.2) is 4.99 Å². The SMILES string of the molecule is CCc1ccc(CNC(=NCC(=O)N(C)C)NCC2CCCN2CC)s1.I. The smallest absolute Gasteiger partial charge is 0.243 e. The molecule has 154 valence electrons. The minimum atomic E-state index is 0. The summed E-state index contributed by atoms with van der Waals surface area (Å²) in [6.45, 7) is 8.40. The van der Waals surface area contributed by atoms with Crippen LogP contribution in [0.3, 0.4) is 0 Å². The van der Waals surface area contributed by atoms with Crippen molar-refractivity contribution >= 4 is 47.2 Å². The van der Waals surface area contributed by atoms with Crippen LogP contribution >= 0.6 is 35.3 Å². The summed E-state index contributed by atoms with van der Waals surface area (Å²) in [7, 11) is 3.52. The Kier molecular flexibility index (Phi) is 11.2. The van der Waals surface area contributed by atoms with Crippen LogP contribution in [0.5, 0.6) is 0 Å². The van der Waals surface area contributed by atoms with E-state index in [1.807, 2.05) is 11.3 Å². The Balaban J connectivity index is 0.00000364. The molecule has 27 heavy (non-hydrogen) atoms. The summed E-state index contributed by atoms with van der Waals surface area (Å²) in [6, 6.07) is 4.89. The van der Waals surface area contributed by atoms with Gasteiger partial charge in [-0.2, -0.15) is 0 Å².